The molecule has 7 nitrogen and oxygen atoms in total. The average Bonchev–Trinajstić information content (AvgIpc) is 2.40. The minimum atomic E-state index is -0.542. The fourth-order valence-corrected chi connectivity index (χ4v) is 2.71. The van der Waals surface area contributed by atoms with Gasteiger partial charge in [-0.1, -0.05) is 19.8 Å². The number of rotatable bonds is 5. The van der Waals surface area contributed by atoms with Gasteiger partial charge in [0.1, 0.15) is 6.20 Å². The molecule has 1 aromatic heterocycles. The summed E-state index contributed by atoms with van der Waals surface area (Å²) in [5.74, 6) is 0.739. The van der Waals surface area contributed by atoms with Crippen LogP contribution < -0.4 is 11.0 Å². The van der Waals surface area contributed by atoms with E-state index in [1.165, 1.54) is 23.6 Å². The van der Waals surface area contributed by atoms with Crippen LogP contribution in [0.4, 0.5) is 5.69 Å². The Bertz CT molecular complexity index is 529. The first-order valence-corrected chi connectivity index (χ1v) is 7.00. The molecule has 0 aromatic carbocycles. The maximum absolute atomic E-state index is 11.5. The first-order chi connectivity index (χ1) is 9.56. The molecule has 0 bridgehead atoms. The molecule has 1 aliphatic carbocycles. The second-order valence-electron chi connectivity index (χ2n) is 5.47. The molecule has 1 aliphatic rings. The molecule has 2 rings (SSSR count). The fraction of sp³-hybridized carbons (Fsp3) is 0.692. The maximum atomic E-state index is 11.5. The molecule has 0 saturated heterocycles. The highest BCUT2D eigenvalue weighted by Gasteiger charge is 2.18. The van der Waals surface area contributed by atoms with Crippen LogP contribution in [0, 0.1) is 16.0 Å². The van der Waals surface area contributed by atoms with Gasteiger partial charge in [-0.2, -0.15) is 4.98 Å². The van der Waals surface area contributed by atoms with Crippen LogP contribution in [0.25, 0.3) is 0 Å². The first kappa shape index (κ1) is 14.6. The number of aromatic nitrogens is 2. The molecule has 0 aliphatic heterocycles. The molecule has 7 heteroatoms. The minimum Gasteiger partial charge on any atom is -0.312 e. The second-order valence-corrected chi connectivity index (χ2v) is 5.47. The number of nitrogens with zero attached hydrogens (tertiary/aromatic N) is 3. The Morgan fingerprint density at radius 3 is 3.05 bits per heavy atom. The Kier molecular flexibility index (Phi) is 4.84. The summed E-state index contributed by atoms with van der Waals surface area (Å²) in [5.41, 5.74) is -0.606. The van der Waals surface area contributed by atoms with E-state index in [1.54, 1.807) is 0 Å². The minimum absolute atomic E-state index is 0.157. The van der Waals surface area contributed by atoms with Gasteiger partial charge >= 0.3 is 11.4 Å². The van der Waals surface area contributed by atoms with Crippen molar-refractivity contribution >= 4 is 5.69 Å². The van der Waals surface area contributed by atoms with Crippen molar-refractivity contribution in [1.82, 2.24) is 14.9 Å². The van der Waals surface area contributed by atoms with Crippen molar-refractivity contribution in [2.75, 3.05) is 6.54 Å². The van der Waals surface area contributed by atoms with Crippen molar-refractivity contribution in [2.24, 2.45) is 5.92 Å². The smallest absolute Gasteiger partial charge is 0.312 e. The Labute approximate surface area is 117 Å². The van der Waals surface area contributed by atoms with Crippen molar-refractivity contribution in [3.8, 4) is 0 Å². The van der Waals surface area contributed by atoms with Crippen molar-refractivity contribution < 1.29 is 4.92 Å². The summed E-state index contributed by atoms with van der Waals surface area (Å²) in [6, 6.07) is 0.487. The van der Waals surface area contributed by atoms with Crippen LogP contribution in [0.5, 0.6) is 0 Å². The highest BCUT2D eigenvalue weighted by molar-refractivity contribution is 5.20. The zero-order valence-corrected chi connectivity index (χ0v) is 11.6. The number of nitro groups is 1. The van der Waals surface area contributed by atoms with E-state index in [-0.39, 0.29) is 5.69 Å². The molecular weight excluding hydrogens is 260 g/mol. The van der Waals surface area contributed by atoms with Gasteiger partial charge in [0.2, 0.25) is 0 Å². The van der Waals surface area contributed by atoms with Crippen LogP contribution in [0.3, 0.4) is 0 Å². The predicted molar refractivity (Wildman–Crippen MR) is 74.6 cm³/mol. The molecule has 1 heterocycles. The molecule has 110 valence electrons. The van der Waals surface area contributed by atoms with Crippen LogP contribution in [-0.2, 0) is 6.54 Å². The molecule has 2 unspecified atom stereocenters. The summed E-state index contributed by atoms with van der Waals surface area (Å²) in [6.45, 7) is 3.28. The highest BCUT2D eigenvalue weighted by atomic mass is 16.6. The molecule has 0 spiro atoms. The van der Waals surface area contributed by atoms with E-state index in [4.69, 9.17) is 0 Å². The van der Waals surface area contributed by atoms with E-state index in [2.05, 4.69) is 17.2 Å². The third kappa shape index (κ3) is 3.86. The van der Waals surface area contributed by atoms with E-state index in [0.717, 1.165) is 25.0 Å². The first-order valence-electron chi connectivity index (χ1n) is 7.00. The topological polar surface area (TPSA) is 90.1 Å². The average molecular weight is 280 g/mol. The molecule has 1 aromatic rings. The molecule has 2 atom stereocenters. The summed E-state index contributed by atoms with van der Waals surface area (Å²) in [5, 5.41) is 14.1. The van der Waals surface area contributed by atoms with Gasteiger partial charge in [-0.3, -0.25) is 14.7 Å². The molecule has 0 radical (unpaired) electrons. The lowest BCUT2D eigenvalue weighted by Crippen LogP contribution is -2.37. The van der Waals surface area contributed by atoms with Gasteiger partial charge in [0, 0.05) is 19.1 Å². The number of hydrogen-bond donors (Lipinski definition) is 1. The molecule has 1 N–H and O–H groups in total. The normalized spacial score (nSPS) is 22.6. The van der Waals surface area contributed by atoms with Crippen LogP contribution in [0.1, 0.15) is 32.6 Å². The molecule has 20 heavy (non-hydrogen) atoms. The standard InChI is InChI=1S/C13H20N4O3/c1-10-3-2-4-11(7-10)14-5-6-16-9-12(17(19)20)8-15-13(16)18/h8-11,14H,2-7H2,1H3. The van der Waals surface area contributed by atoms with E-state index in [1.807, 2.05) is 0 Å². The summed E-state index contributed by atoms with van der Waals surface area (Å²) in [7, 11) is 0. The SMILES string of the molecule is CC1CCCC(NCCn2cc([N+](=O)[O-])cnc2=O)C1. The van der Waals surface area contributed by atoms with Gasteiger partial charge in [0.05, 0.1) is 11.1 Å². The lowest BCUT2D eigenvalue weighted by Gasteiger charge is -2.27. The van der Waals surface area contributed by atoms with Crippen LogP contribution >= 0.6 is 0 Å². The van der Waals surface area contributed by atoms with E-state index in [0.29, 0.717) is 19.1 Å². The summed E-state index contributed by atoms with van der Waals surface area (Å²) < 4.78 is 1.29. The fourth-order valence-electron chi connectivity index (χ4n) is 2.71. The van der Waals surface area contributed by atoms with E-state index < -0.39 is 10.6 Å². The lowest BCUT2D eigenvalue weighted by atomic mass is 9.87. The van der Waals surface area contributed by atoms with Gasteiger partial charge in [0.25, 0.3) is 0 Å². The summed E-state index contributed by atoms with van der Waals surface area (Å²) in [4.78, 5) is 25.2. The zero-order valence-electron chi connectivity index (χ0n) is 11.6. The Morgan fingerprint density at radius 1 is 1.55 bits per heavy atom. The number of hydrogen-bond acceptors (Lipinski definition) is 5. The second kappa shape index (κ2) is 6.60. The summed E-state index contributed by atoms with van der Waals surface area (Å²) >= 11 is 0. The van der Waals surface area contributed by atoms with Gasteiger partial charge in [-0.05, 0) is 18.8 Å². The van der Waals surface area contributed by atoms with E-state index in [9.17, 15) is 14.9 Å². The van der Waals surface area contributed by atoms with Crippen molar-refractivity contribution in [1.29, 1.82) is 0 Å². The van der Waals surface area contributed by atoms with Gasteiger partial charge in [0.15, 0.2) is 0 Å². The van der Waals surface area contributed by atoms with Crippen molar-refractivity contribution in [3.63, 3.8) is 0 Å². The van der Waals surface area contributed by atoms with Crippen LogP contribution in [-0.4, -0.2) is 27.1 Å². The van der Waals surface area contributed by atoms with Crippen molar-refractivity contribution in [2.45, 2.75) is 45.2 Å². The third-order valence-corrected chi connectivity index (χ3v) is 3.77. The monoisotopic (exact) mass is 280 g/mol. The Morgan fingerprint density at radius 2 is 2.35 bits per heavy atom. The van der Waals surface area contributed by atoms with Crippen LogP contribution in [0.15, 0.2) is 17.2 Å². The largest absolute Gasteiger partial charge is 0.348 e. The van der Waals surface area contributed by atoms with Gasteiger partial charge < -0.3 is 5.32 Å². The Balaban J connectivity index is 1.89. The molecular formula is C13H20N4O3. The molecule has 1 fully saturated rings. The van der Waals surface area contributed by atoms with Crippen molar-refractivity contribution in [3.05, 3.63) is 33.0 Å². The predicted octanol–water partition coefficient (Wildman–Crippen LogP) is 1.32. The zero-order chi connectivity index (χ0) is 14.5. The Hall–Kier alpha value is -1.76. The highest BCUT2D eigenvalue weighted by Crippen LogP contribution is 2.23. The lowest BCUT2D eigenvalue weighted by molar-refractivity contribution is -0.385. The quantitative estimate of drug-likeness (QED) is 0.649. The van der Waals surface area contributed by atoms with Gasteiger partial charge in [-0.15, -0.1) is 0 Å². The van der Waals surface area contributed by atoms with E-state index >= 15 is 0 Å². The molecule has 1 saturated carbocycles. The third-order valence-electron chi connectivity index (χ3n) is 3.77. The molecule has 0 amide bonds. The summed E-state index contributed by atoms with van der Waals surface area (Å²) in [6.07, 6.45) is 7.08. The number of nitrogens with one attached hydrogen (secondary N) is 1. The van der Waals surface area contributed by atoms with Crippen LogP contribution in [0.2, 0.25) is 0 Å². The van der Waals surface area contributed by atoms with Gasteiger partial charge in [-0.25, -0.2) is 4.79 Å². The maximum Gasteiger partial charge on any atom is 0.348 e.